The molecule has 0 bridgehead atoms. The van der Waals surface area contributed by atoms with E-state index in [0.29, 0.717) is 12.2 Å². The Hall–Kier alpha value is -1.59. The minimum absolute atomic E-state index is 0.137. The third-order valence-corrected chi connectivity index (χ3v) is 3.33. The molecular weight excluding hydrogens is 270 g/mol. The molecule has 1 saturated heterocycles. The van der Waals surface area contributed by atoms with E-state index in [-0.39, 0.29) is 12.1 Å². The molecule has 0 aromatic heterocycles. The second-order valence-corrected chi connectivity index (χ2v) is 5.09. The Labute approximate surface area is 125 Å². The Balaban J connectivity index is 1.82. The molecule has 1 atom stereocenters. The molecule has 0 amide bonds. The standard InChI is InChI=1S/C16H23NO4/c1-3-20-15-6-4-14(5-7-15)16(18)21-13(2)12-17-8-10-19-11-9-17/h4-7,13H,3,8-12H2,1-2H3/t13-/m0/s1. The van der Waals surface area contributed by atoms with Crippen LogP contribution in [0.4, 0.5) is 0 Å². The fourth-order valence-corrected chi connectivity index (χ4v) is 2.29. The van der Waals surface area contributed by atoms with Crippen LogP contribution in [0.1, 0.15) is 24.2 Å². The van der Waals surface area contributed by atoms with Crippen molar-refractivity contribution in [2.24, 2.45) is 0 Å². The van der Waals surface area contributed by atoms with Gasteiger partial charge in [-0.25, -0.2) is 4.79 Å². The summed E-state index contributed by atoms with van der Waals surface area (Å²) >= 11 is 0. The zero-order chi connectivity index (χ0) is 15.1. The number of ether oxygens (including phenoxy) is 3. The molecule has 1 aromatic carbocycles. The minimum atomic E-state index is -0.293. The number of morpholine rings is 1. The maximum Gasteiger partial charge on any atom is 0.338 e. The zero-order valence-corrected chi connectivity index (χ0v) is 12.7. The molecular formula is C16H23NO4. The molecule has 21 heavy (non-hydrogen) atoms. The molecule has 0 aliphatic carbocycles. The summed E-state index contributed by atoms with van der Waals surface area (Å²) in [6, 6.07) is 7.03. The van der Waals surface area contributed by atoms with Crippen LogP contribution in [0.2, 0.25) is 0 Å². The number of carbonyl (C=O) groups is 1. The molecule has 0 spiro atoms. The fourth-order valence-electron chi connectivity index (χ4n) is 2.29. The first-order valence-electron chi connectivity index (χ1n) is 7.43. The maximum absolute atomic E-state index is 12.1. The molecule has 1 aliphatic rings. The predicted molar refractivity (Wildman–Crippen MR) is 79.7 cm³/mol. The monoisotopic (exact) mass is 293 g/mol. The van der Waals surface area contributed by atoms with E-state index in [2.05, 4.69) is 4.90 Å². The number of esters is 1. The quantitative estimate of drug-likeness (QED) is 0.750. The van der Waals surface area contributed by atoms with Gasteiger partial charge in [-0.2, -0.15) is 0 Å². The summed E-state index contributed by atoms with van der Waals surface area (Å²) in [4.78, 5) is 14.3. The molecule has 0 unspecified atom stereocenters. The first-order chi connectivity index (χ1) is 10.2. The molecule has 1 heterocycles. The average Bonchev–Trinajstić information content (AvgIpc) is 2.49. The van der Waals surface area contributed by atoms with E-state index >= 15 is 0 Å². The number of benzene rings is 1. The van der Waals surface area contributed by atoms with Gasteiger partial charge in [-0.15, -0.1) is 0 Å². The third-order valence-electron chi connectivity index (χ3n) is 3.33. The van der Waals surface area contributed by atoms with Crippen LogP contribution >= 0.6 is 0 Å². The lowest BCUT2D eigenvalue weighted by Crippen LogP contribution is -2.41. The lowest BCUT2D eigenvalue weighted by molar-refractivity contribution is 0.000447. The highest BCUT2D eigenvalue weighted by atomic mass is 16.5. The van der Waals surface area contributed by atoms with Crippen molar-refractivity contribution in [3.63, 3.8) is 0 Å². The molecule has 1 aromatic rings. The summed E-state index contributed by atoms with van der Waals surface area (Å²) in [5, 5.41) is 0. The lowest BCUT2D eigenvalue weighted by atomic mass is 10.2. The van der Waals surface area contributed by atoms with Gasteiger partial charge in [-0.1, -0.05) is 0 Å². The van der Waals surface area contributed by atoms with Crippen molar-refractivity contribution in [2.45, 2.75) is 20.0 Å². The largest absolute Gasteiger partial charge is 0.494 e. The van der Waals surface area contributed by atoms with Crippen LogP contribution in [-0.4, -0.2) is 56.4 Å². The van der Waals surface area contributed by atoms with E-state index in [1.807, 2.05) is 13.8 Å². The van der Waals surface area contributed by atoms with Crippen LogP contribution in [0.25, 0.3) is 0 Å². The van der Waals surface area contributed by atoms with Crippen LogP contribution in [0.15, 0.2) is 24.3 Å². The van der Waals surface area contributed by atoms with Gasteiger partial charge in [0.2, 0.25) is 0 Å². The molecule has 0 N–H and O–H groups in total. The van der Waals surface area contributed by atoms with Crippen LogP contribution in [-0.2, 0) is 9.47 Å². The second-order valence-electron chi connectivity index (χ2n) is 5.09. The van der Waals surface area contributed by atoms with Crippen molar-refractivity contribution in [3.05, 3.63) is 29.8 Å². The van der Waals surface area contributed by atoms with E-state index in [4.69, 9.17) is 14.2 Å². The topological polar surface area (TPSA) is 48.0 Å². The van der Waals surface area contributed by atoms with Crippen molar-refractivity contribution >= 4 is 5.97 Å². The predicted octanol–water partition coefficient (Wildman–Crippen LogP) is 1.96. The number of nitrogens with zero attached hydrogens (tertiary/aromatic N) is 1. The highest BCUT2D eigenvalue weighted by Gasteiger charge is 2.17. The van der Waals surface area contributed by atoms with Crippen molar-refractivity contribution in [2.75, 3.05) is 39.5 Å². The Kier molecular flexibility index (Phi) is 6.02. The lowest BCUT2D eigenvalue weighted by Gasteiger charge is -2.28. The smallest absolute Gasteiger partial charge is 0.338 e. The second kappa shape index (κ2) is 8.00. The Morgan fingerprint density at radius 1 is 1.29 bits per heavy atom. The summed E-state index contributed by atoms with van der Waals surface area (Å²) in [6.07, 6.45) is -0.137. The normalized spacial score (nSPS) is 17.2. The molecule has 5 nitrogen and oxygen atoms in total. The Morgan fingerprint density at radius 3 is 2.57 bits per heavy atom. The van der Waals surface area contributed by atoms with Crippen molar-refractivity contribution in [1.29, 1.82) is 0 Å². The van der Waals surface area contributed by atoms with Gasteiger partial charge in [0.1, 0.15) is 11.9 Å². The molecule has 0 saturated carbocycles. The molecule has 0 radical (unpaired) electrons. The van der Waals surface area contributed by atoms with Gasteiger partial charge in [-0.3, -0.25) is 4.90 Å². The zero-order valence-electron chi connectivity index (χ0n) is 12.7. The molecule has 2 rings (SSSR count). The van der Waals surface area contributed by atoms with Crippen LogP contribution in [0.5, 0.6) is 5.75 Å². The summed E-state index contributed by atoms with van der Waals surface area (Å²) in [6.45, 7) is 8.49. The van der Waals surface area contributed by atoms with Crippen LogP contribution in [0.3, 0.4) is 0 Å². The number of hydrogen-bond donors (Lipinski definition) is 0. The van der Waals surface area contributed by atoms with E-state index < -0.39 is 0 Å². The highest BCUT2D eigenvalue weighted by molar-refractivity contribution is 5.89. The van der Waals surface area contributed by atoms with Crippen molar-refractivity contribution in [3.8, 4) is 5.75 Å². The van der Waals surface area contributed by atoms with E-state index in [9.17, 15) is 4.79 Å². The highest BCUT2D eigenvalue weighted by Crippen LogP contribution is 2.13. The Bertz CT molecular complexity index is 440. The first-order valence-corrected chi connectivity index (χ1v) is 7.43. The van der Waals surface area contributed by atoms with Gasteiger partial charge in [0.15, 0.2) is 0 Å². The number of rotatable bonds is 6. The van der Waals surface area contributed by atoms with Gasteiger partial charge in [-0.05, 0) is 38.1 Å². The summed E-state index contributed by atoms with van der Waals surface area (Å²) in [7, 11) is 0. The number of carbonyl (C=O) groups excluding carboxylic acids is 1. The average molecular weight is 293 g/mol. The van der Waals surface area contributed by atoms with E-state index in [0.717, 1.165) is 38.6 Å². The Morgan fingerprint density at radius 2 is 1.95 bits per heavy atom. The molecule has 1 fully saturated rings. The van der Waals surface area contributed by atoms with Crippen LogP contribution < -0.4 is 4.74 Å². The van der Waals surface area contributed by atoms with Crippen LogP contribution in [0, 0.1) is 0 Å². The van der Waals surface area contributed by atoms with Gasteiger partial charge in [0, 0.05) is 19.6 Å². The van der Waals surface area contributed by atoms with Gasteiger partial charge in [0.25, 0.3) is 0 Å². The SMILES string of the molecule is CCOc1ccc(C(=O)O[C@@H](C)CN2CCOCC2)cc1. The summed E-state index contributed by atoms with van der Waals surface area (Å²) in [5.41, 5.74) is 0.548. The molecule has 5 heteroatoms. The molecule has 116 valence electrons. The van der Waals surface area contributed by atoms with Gasteiger partial charge in [0.05, 0.1) is 25.4 Å². The van der Waals surface area contributed by atoms with E-state index in [1.165, 1.54) is 0 Å². The van der Waals surface area contributed by atoms with Crippen molar-refractivity contribution < 1.29 is 19.0 Å². The third kappa shape index (κ3) is 5.02. The van der Waals surface area contributed by atoms with Gasteiger partial charge < -0.3 is 14.2 Å². The minimum Gasteiger partial charge on any atom is -0.494 e. The molecule has 1 aliphatic heterocycles. The summed E-state index contributed by atoms with van der Waals surface area (Å²) < 4.78 is 16.1. The van der Waals surface area contributed by atoms with Gasteiger partial charge >= 0.3 is 5.97 Å². The fraction of sp³-hybridized carbons (Fsp3) is 0.562. The van der Waals surface area contributed by atoms with E-state index in [1.54, 1.807) is 24.3 Å². The first kappa shape index (κ1) is 15.8. The maximum atomic E-state index is 12.1. The summed E-state index contributed by atoms with van der Waals surface area (Å²) in [5.74, 6) is 0.467. The van der Waals surface area contributed by atoms with Crippen molar-refractivity contribution in [1.82, 2.24) is 4.90 Å². The number of hydrogen-bond acceptors (Lipinski definition) is 5.